The molecule has 0 aromatic rings. The molecule has 0 aliphatic rings. The van der Waals surface area contributed by atoms with E-state index in [1.165, 1.54) is 0 Å². The fourth-order valence-corrected chi connectivity index (χ4v) is 0. The largest absolute Gasteiger partial charge is 4.00 e. The number of rotatable bonds is 1. The van der Waals surface area contributed by atoms with Crippen LogP contribution in [-0.4, -0.2) is 35.0 Å². The van der Waals surface area contributed by atoms with Gasteiger partial charge in [-0.05, 0) is 27.7 Å². The van der Waals surface area contributed by atoms with E-state index < -0.39 is 29.8 Å². The van der Waals surface area contributed by atoms with Crippen LogP contribution in [0.4, 0.5) is 0 Å². The Kier molecular flexibility index (Phi) is 51.1. The molecular weight excluding hydrogens is 304 g/mol. The molecule has 0 spiro atoms. The van der Waals surface area contributed by atoms with E-state index in [-0.39, 0.29) is 7.43 Å². The molecule has 0 aromatic carbocycles. The van der Waals surface area contributed by atoms with Gasteiger partial charge in [0.05, 0.1) is 0 Å². The minimum absolute atomic E-state index is 0. The maximum absolute atomic E-state index is 9.25. The summed E-state index contributed by atoms with van der Waals surface area (Å²) in [4.78, 5) is 44.8. The molecule has 0 unspecified atom stereocenters. The average molecular weight is 320 g/mol. The van der Waals surface area contributed by atoms with E-state index in [2.05, 4.69) is 6.58 Å². The van der Waals surface area contributed by atoms with Gasteiger partial charge in [0.1, 0.15) is 0 Å². The van der Waals surface area contributed by atoms with E-state index >= 15 is 0 Å². The smallest absolute Gasteiger partial charge is 0.550 e. The molecule has 0 fully saturated rings. The van der Waals surface area contributed by atoms with E-state index in [4.69, 9.17) is 44.7 Å². The summed E-state index contributed by atoms with van der Waals surface area (Å²) in [6, 6.07) is 0. The molecule has 10 heteroatoms. The van der Waals surface area contributed by atoms with Crippen LogP contribution in [0.5, 0.6) is 0 Å². The third-order valence-electron chi connectivity index (χ3n) is 0.175. The Bertz CT molecular complexity index is 269. The van der Waals surface area contributed by atoms with Crippen molar-refractivity contribution in [3.63, 3.8) is 0 Å². The third kappa shape index (κ3) is 5340. The zero-order chi connectivity index (χ0) is 18.6. The first-order chi connectivity index (χ1) is 9.20. The van der Waals surface area contributed by atoms with Crippen LogP contribution in [0.25, 0.3) is 0 Å². The second-order valence-electron chi connectivity index (χ2n) is 2.51. The Labute approximate surface area is 128 Å². The number of carboxylic acid groups (broad SMARTS) is 5. The topological polar surface area (TPSA) is 198 Å². The fraction of sp³-hybridized carbons (Fsp3) is 0.333. The molecule has 0 amide bonds. The van der Waals surface area contributed by atoms with Gasteiger partial charge in [-0.15, -0.1) is 0 Å². The van der Waals surface area contributed by atoms with Gasteiger partial charge in [0, 0.05) is 30.0 Å². The summed E-state index contributed by atoms with van der Waals surface area (Å²) in [5.41, 5.74) is 0. The average Bonchev–Trinajstić information content (AvgIpc) is 2.13. The van der Waals surface area contributed by atoms with E-state index in [1.807, 2.05) is 0 Å². The van der Waals surface area contributed by atoms with Crippen LogP contribution in [0.2, 0.25) is 0 Å². The van der Waals surface area contributed by atoms with Crippen LogP contribution in [0.3, 0.4) is 0 Å². The number of carboxylic acids is 5. The van der Waals surface area contributed by atoms with Crippen LogP contribution in [-0.2, 0) is 24.0 Å². The Balaban J connectivity index is -0.0000000361. The second-order valence-corrected chi connectivity index (χ2v) is 2.51. The van der Waals surface area contributed by atoms with Gasteiger partial charge in [0.25, 0.3) is 0 Å². The summed E-state index contributed by atoms with van der Waals surface area (Å²) in [6.07, 6.45) is 0.833. The van der Waals surface area contributed by atoms with E-state index in [1.54, 1.807) is 0 Å². The predicted molar refractivity (Wildman–Crippen MR) is 63.8 cm³/mol. The number of hydrogen-bond acceptors (Lipinski definition) is 9. The van der Waals surface area contributed by atoms with Gasteiger partial charge in [-0.1, -0.05) is 6.58 Å². The van der Waals surface area contributed by atoms with Crippen molar-refractivity contribution in [2.75, 3.05) is 0 Å². The van der Waals surface area contributed by atoms with Gasteiger partial charge in [-0.25, -0.2) is 4.79 Å². The maximum Gasteiger partial charge on any atom is 4.00 e. The van der Waals surface area contributed by atoms with Crippen LogP contribution >= 0.6 is 0 Å². The van der Waals surface area contributed by atoms with Gasteiger partial charge in [0.15, 0.2) is 0 Å². The van der Waals surface area contributed by atoms with E-state index in [0.29, 0.717) is 0 Å². The first kappa shape index (κ1) is 36.5. The Hall–Kier alpha value is -2.91. The third-order valence-corrected chi connectivity index (χ3v) is 0.175. The van der Waals surface area contributed by atoms with Gasteiger partial charge in [-0.3, -0.25) is 0 Å². The van der Waals surface area contributed by atoms with Crippen molar-refractivity contribution in [3.05, 3.63) is 20.1 Å². The summed E-state index contributed by atoms with van der Waals surface area (Å²) in [7, 11) is 0. The molecule has 10 nitrogen and oxygen atoms in total. The summed E-state index contributed by atoms with van der Waals surface area (Å²) in [5, 5.41) is 43.2. The molecule has 0 saturated carbocycles. The molecule has 0 heterocycles. The molecule has 1 N–H and O–H groups in total. The molecule has 0 atom stereocenters. The van der Waals surface area contributed by atoms with Crippen LogP contribution in [0.1, 0.15) is 27.7 Å². The monoisotopic (exact) mass is 320 g/mol. The van der Waals surface area contributed by atoms with E-state index in [9.17, 15) is 4.79 Å². The quantitative estimate of drug-likeness (QED) is 0.458. The SMILES string of the molecule is C=CC(=O)O.CC(=O)[O-].CC(=O)[O-].CC(=O)[O-].CC(=O)[O-].[C+4]. The Morgan fingerprint density at radius 2 is 0.773 bits per heavy atom. The minimum atomic E-state index is -1.08. The first-order valence-corrected chi connectivity index (χ1v) is 4.76. The Morgan fingerprint density at radius 1 is 0.727 bits per heavy atom. The molecule has 0 radical (unpaired) electrons. The maximum atomic E-state index is 9.25. The van der Waals surface area contributed by atoms with Crippen molar-refractivity contribution in [3.8, 4) is 0 Å². The number of aliphatic carboxylic acids is 5. The molecule has 0 rings (SSSR count). The van der Waals surface area contributed by atoms with Crippen LogP contribution in [0.15, 0.2) is 12.7 Å². The van der Waals surface area contributed by atoms with E-state index in [0.717, 1.165) is 33.8 Å². The summed E-state index contributed by atoms with van der Waals surface area (Å²) in [5.74, 6) is -5.31. The predicted octanol–water partition coefficient (Wildman–Crippen LogP) is -4.64. The first-order valence-electron chi connectivity index (χ1n) is 4.76. The van der Waals surface area contributed by atoms with Crippen molar-refractivity contribution in [2.24, 2.45) is 0 Å². The van der Waals surface area contributed by atoms with Gasteiger partial charge >= 0.3 is 13.4 Å². The van der Waals surface area contributed by atoms with Crippen molar-refractivity contribution in [1.82, 2.24) is 0 Å². The number of hydrogen-bond donors (Lipinski definition) is 1. The number of carbonyl (C=O) groups is 5. The van der Waals surface area contributed by atoms with Crippen LogP contribution in [0, 0.1) is 7.43 Å². The summed E-state index contributed by atoms with van der Waals surface area (Å²) < 4.78 is 0. The van der Waals surface area contributed by atoms with Crippen molar-refractivity contribution in [1.29, 1.82) is 0 Å². The van der Waals surface area contributed by atoms with Crippen molar-refractivity contribution in [2.45, 2.75) is 27.7 Å². The normalized spacial score (nSPS) is 6.00. The van der Waals surface area contributed by atoms with Crippen LogP contribution < -0.4 is 20.4 Å². The molecule has 0 aliphatic heterocycles. The molecule has 0 aromatic heterocycles. The van der Waals surface area contributed by atoms with Gasteiger partial charge in [0.2, 0.25) is 0 Å². The zero-order valence-corrected chi connectivity index (χ0v) is 12.4. The van der Waals surface area contributed by atoms with Gasteiger partial charge in [-0.2, -0.15) is 0 Å². The molecule has 0 aliphatic carbocycles. The van der Waals surface area contributed by atoms with Crippen molar-refractivity contribution >= 4 is 29.8 Å². The molecule has 124 valence electrons. The number of carbonyl (C=O) groups excluding carboxylic acids is 4. The standard InChI is InChI=1S/C3H4O2.4C2H4O2.C/c1-2-3(4)5;4*1-2(3)4;/h2H,1H2,(H,4,5);4*1H3,(H,3,4);/q;;;;;+4/p-4. The molecular formula is C12H16O10. The molecule has 0 saturated heterocycles. The zero-order valence-electron chi connectivity index (χ0n) is 12.4. The second kappa shape index (κ2) is 30.8. The van der Waals surface area contributed by atoms with Crippen molar-refractivity contribution < 1.29 is 49.5 Å². The molecule has 22 heavy (non-hydrogen) atoms. The van der Waals surface area contributed by atoms with Gasteiger partial charge < -0.3 is 44.7 Å². The summed E-state index contributed by atoms with van der Waals surface area (Å²) in [6.45, 7) is 6.85. The summed E-state index contributed by atoms with van der Waals surface area (Å²) >= 11 is 0. The fourth-order valence-electron chi connectivity index (χ4n) is 0. The molecule has 0 bridgehead atoms. The minimum Gasteiger partial charge on any atom is -0.550 e. The Morgan fingerprint density at radius 3 is 0.773 bits per heavy atom.